The molecule has 2 unspecified atom stereocenters. The Kier molecular flexibility index (Phi) is 3.07. The van der Waals surface area contributed by atoms with Crippen LogP contribution in [0.3, 0.4) is 0 Å². The number of rotatable bonds is 2. The number of hydrogen-bond acceptors (Lipinski definition) is 3. The fraction of sp³-hybridized carbons (Fsp3) is 0.455. The summed E-state index contributed by atoms with van der Waals surface area (Å²) >= 11 is 0. The van der Waals surface area contributed by atoms with Crippen molar-refractivity contribution in [3.8, 4) is 0 Å². The Morgan fingerprint density at radius 1 is 1.53 bits per heavy atom. The Bertz CT molecular complexity index is 386. The molecule has 0 bridgehead atoms. The highest BCUT2D eigenvalue weighted by atomic mass is 32.2. The lowest BCUT2D eigenvalue weighted by molar-refractivity contribution is 0.199. The quantitative estimate of drug-likeness (QED) is 0.775. The molecule has 0 saturated carbocycles. The van der Waals surface area contributed by atoms with E-state index < -0.39 is 10.8 Å². The predicted octanol–water partition coefficient (Wildman–Crippen LogP) is 1.47. The summed E-state index contributed by atoms with van der Waals surface area (Å²) in [7, 11) is -1.03. The van der Waals surface area contributed by atoms with E-state index in [1.165, 1.54) is 0 Å². The van der Waals surface area contributed by atoms with Crippen LogP contribution in [0, 0.1) is 6.92 Å². The van der Waals surface area contributed by atoms with Crippen molar-refractivity contribution in [3.63, 3.8) is 0 Å². The van der Waals surface area contributed by atoms with Gasteiger partial charge in [-0.25, -0.2) is 0 Å². The highest BCUT2D eigenvalue weighted by molar-refractivity contribution is 7.85. The zero-order valence-electron chi connectivity index (χ0n) is 8.73. The van der Waals surface area contributed by atoms with E-state index in [4.69, 9.17) is 10.5 Å². The van der Waals surface area contributed by atoms with Gasteiger partial charge in [-0.05, 0) is 25.0 Å². The number of para-hydroxylation sites is 1. The maximum Gasteiger partial charge on any atom is 0.0651 e. The van der Waals surface area contributed by atoms with Gasteiger partial charge in [-0.15, -0.1) is 0 Å². The van der Waals surface area contributed by atoms with Gasteiger partial charge in [0.2, 0.25) is 0 Å². The lowest BCUT2D eigenvalue weighted by Crippen LogP contribution is -2.16. The summed E-state index contributed by atoms with van der Waals surface area (Å²) in [5, 5.41) is 0.106. The molecule has 0 radical (unpaired) electrons. The minimum absolute atomic E-state index is 0.106. The first-order valence-electron chi connectivity index (χ1n) is 5.03. The van der Waals surface area contributed by atoms with Crippen LogP contribution in [-0.2, 0) is 15.5 Å². The van der Waals surface area contributed by atoms with Crippen LogP contribution in [-0.4, -0.2) is 22.7 Å². The molecule has 2 N–H and O–H groups in total. The van der Waals surface area contributed by atoms with Crippen LogP contribution in [0.15, 0.2) is 23.1 Å². The van der Waals surface area contributed by atoms with E-state index in [-0.39, 0.29) is 5.25 Å². The van der Waals surface area contributed by atoms with Crippen LogP contribution < -0.4 is 5.73 Å². The molecule has 1 heterocycles. The minimum atomic E-state index is -1.03. The van der Waals surface area contributed by atoms with Crippen molar-refractivity contribution in [2.75, 3.05) is 18.9 Å². The van der Waals surface area contributed by atoms with Gasteiger partial charge >= 0.3 is 0 Å². The molecule has 0 aromatic heterocycles. The van der Waals surface area contributed by atoms with E-state index in [0.29, 0.717) is 18.9 Å². The van der Waals surface area contributed by atoms with E-state index in [0.717, 1.165) is 16.9 Å². The molecule has 1 aromatic carbocycles. The molecule has 82 valence electrons. The fourth-order valence-electron chi connectivity index (χ4n) is 1.69. The number of anilines is 1. The van der Waals surface area contributed by atoms with Crippen LogP contribution in [0.5, 0.6) is 0 Å². The highest BCUT2D eigenvalue weighted by Crippen LogP contribution is 2.25. The van der Waals surface area contributed by atoms with E-state index in [2.05, 4.69) is 0 Å². The molecular weight excluding hydrogens is 210 g/mol. The average Bonchev–Trinajstić information content (AvgIpc) is 2.74. The number of nitrogens with two attached hydrogens (primary N) is 1. The summed E-state index contributed by atoms with van der Waals surface area (Å²) in [6, 6.07) is 5.67. The van der Waals surface area contributed by atoms with Crippen molar-refractivity contribution in [1.29, 1.82) is 0 Å². The lowest BCUT2D eigenvalue weighted by Gasteiger charge is -2.11. The van der Waals surface area contributed by atoms with Gasteiger partial charge in [0, 0.05) is 6.61 Å². The summed E-state index contributed by atoms with van der Waals surface area (Å²) in [6.07, 6.45) is 0.861. The third-order valence-corrected chi connectivity index (χ3v) is 4.46. The highest BCUT2D eigenvalue weighted by Gasteiger charge is 2.24. The van der Waals surface area contributed by atoms with Gasteiger partial charge in [0.05, 0.1) is 33.2 Å². The zero-order valence-corrected chi connectivity index (χ0v) is 9.55. The fourth-order valence-corrected chi connectivity index (χ4v) is 3.17. The molecule has 15 heavy (non-hydrogen) atoms. The number of benzene rings is 1. The molecule has 3 nitrogen and oxygen atoms in total. The first-order valence-corrected chi connectivity index (χ1v) is 6.25. The predicted molar refractivity (Wildman–Crippen MR) is 61.2 cm³/mol. The third-order valence-electron chi connectivity index (χ3n) is 2.69. The van der Waals surface area contributed by atoms with Crippen molar-refractivity contribution >= 4 is 16.5 Å². The summed E-state index contributed by atoms with van der Waals surface area (Å²) in [5.41, 5.74) is 7.56. The maximum atomic E-state index is 12.2. The van der Waals surface area contributed by atoms with Gasteiger partial charge in [0.15, 0.2) is 0 Å². The lowest BCUT2D eigenvalue weighted by atomic mass is 10.2. The first kappa shape index (κ1) is 10.6. The summed E-state index contributed by atoms with van der Waals surface area (Å²) in [5.74, 6) is 0. The molecule has 2 atom stereocenters. The van der Waals surface area contributed by atoms with Crippen molar-refractivity contribution in [3.05, 3.63) is 23.8 Å². The summed E-state index contributed by atoms with van der Waals surface area (Å²) < 4.78 is 17.4. The average molecular weight is 225 g/mol. The van der Waals surface area contributed by atoms with E-state index in [1.54, 1.807) is 0 Å². The van der Waals surface area contributed by atoms with Crippen molar-refractivity contribution in [2.45, 2.75) is 23.5 Å². The smallest absolute Gasteiger partial charge is 0.0651 e. The number of nitrogen functional groups attached to an aromatic ring is 1. The van der Waals surface area contributed by atoms with Crippen molar-refractivity contribution in [1.82, 2.24) is 0 Å². The Morgan fingerprint density at radius 3 is 3.00 bits per heavy atom. The van der Waals surface area contributed by atoms with Gasteiger partial charge in [0.1, 0.15) is 0 Å². The molecule has 0 amide bonds. The topological polar surface area (TPSA) is 52.3 Å². The van der Waals surface area contributed by atoms with Gasteiger partial charge in [0.25, 0.3) is 0 Å². The Morgan fingerprint density at radius 2 is 2.33 bits per heavy atom. The van der Waals surface area contributed by atoms with E-state index in [9.17, 15) is 4.21 Å². The molecule has 4 heteroatoms. The van der Waals surface area contributed by atoms with E-state index in [1.807, 2.05) is 25.1 Å². The van der Waals surface area contributed by atoms with Gasteiger partial charge in [-0.1, -0.05) is 12.1 Å². The third kappa shape index (κ3) is 2.06. The largest absolute Gasteiger partial charge is 0.398 e. The molecule has 1 aromatic rings. The normalized spacial score (nSPS) is 22.9. The number of aryl methyl sites for hydroxylation is 1. The Labute approximate surface area is 92.1 Å². The molecule has 1 fully saturated rings. The van der Waals surface area contributed by atoms with Crippen LogP contribution >= 0.6 is 0 Å². The molecule has 1 saturated heterocycles. The SMILES string of the molecule is Cc1cccc(S(=O)C2CCOC2)c1N. The molecule has 2 rings (SSSR count). The van der Waals surface area contributed by atoms with Crippen LogP contribution in [0.2, 0.25) is 0 Å². The minimum Gasteiger partial charge on any atom is -0.398 e. The number of hydrogen-bond donors (Lipinski definition) is 1. The molecular formula is C11H15NO2S. The van der Waals surface area contributed by atoms with Crippen LogP contribution in [0.1, 0.15) is 12.0 Å². The molecule has 0 aliphatic carbocycles. The van der Waals surface area contributed by atoms with E-state index >= 15 is 0 Å². The summed E-state index contributed by atoms with van der Waals surface area (Å²) in [4.78, 5) is 0.755. The zero-order chi connectivity index (χ0) is 10.8. The second-order valence-electron chi connectivity index (χ2n) is 3.77. The monoisotopic (exact) mass is 225 g/mol. The maximum absolute atomic E-state index is 12.2. The number of ether oxygens (including phenoxy) is 1. The van der Waals surface area contributed by atoms with Crippen molar-refractivity contribution < 1.29 is 8.95 Å². The molecule has 0 spiro atoms. The van der Waals surface area contributed by atoms with Gasteiger partial charge in [-0.2, -0.15) is 0 Å². The first-order chi connectivity index (χ1) is 7.20. The Balaban J connectivity index is 2.28. The summed E-state index contributed by atoms with van der Waals surface area (Å²) in [6.45, 7) is 3.23. The second kappa shape index (κ2) is 4.33. The van der Waals surface area contributed by atoms with Crippen molar-refractivity contribution in [2.24, 2.45) is 0 Å². The Hall–Kier alpha value is -0.870. The molecule has 1 aliphatic heterocycles. The molecule has 1 aliphatic rings. The second-order valence-corrected chi connectivity index (χ2v) is 5.47. The standard InChI is InChI=1S/C11H15NO2S/c1-8-3-2-4-10(11(8)12)15(13)9-5-6-14-7-9/h2-4,9H,5-7,12H2,1H3. The van der Waals surface area contributed by atoms with Gasteiger partial charge in [-0.3, -0.25) is 4.21 Å². The van der Waals surface area contributed by atoms with Gasteiger partial charge < -0.3 is 10.5 Å². The van der Waals surface area contributed by atoms with Crippen LogP contribution in [0.4, 0.5) is 5.69 Å². The van der Waals surface area contributed by atoms with Crippen LogP contribution in [0.25, 0.3) is 0 Å².